The van der Waals surface area contributed by atoms with Crippen molar-refractivity contribution in [3.05, 3.63) is 16.1 Å². The van der Waals surface area contributed by atoms with Gasteiger partial charge in [-0.1, -0.05) is 6.92 Å². The zero-order valence-corrected chi connectivity index (χ0v) is 11.7. The predicted octanol–water partition coefficient (Wildman–Crippen LogP) is 1.72. The van der Waals surface area contributed by atoms with Crippen LogP contribution in [0.4, 0.5) is 0 Å². The SMILES string of the molecule is CCc1cnc(C(C)NCC(N)CCOC)s1. The van der Waals surface area contributed by atoms with Gasteiger partial charge < -0.3 is 15.8 Å². The Bertz CT molecular complexity index is 316. The molecule has 0 fully saturated rings. The van der Waals surface area contributed by atoms with Crippen LogP contribution in [-0.2, 0) is 11.2 Å². The van der Waals surface area contributed by atoms with Gasteiger partial charge in [-0.05, 0) is 19.8 Å². The van der Waals surface area contributed by atoms with Crippen LogP contribution in [-0.4, -0.2) is 31.3 Å². The Kier molecular flexibility index (Phi) is 6.65. The second-order valence-electron chi connectivity index (χ2n) is 4.19. The van der Waals surface area contributed by atoms with E-state index < -0.39 is 0 Å². The van der Waals surface area contributed by atoms with E-state index in [2.05, 4.69) is 24.1 Å². The molecule has 0 aromatic carbocycles. The molecule has 5 heteroatoms. The lowest BCUT2D eigenvalue weighted by Crippen LogP contribution is -2.35. The highest BCUT2D eigenvalue weighted by atomic mass is 32.1. The fourth-order valence-corrected chi connectivity index (χ4v) is 2.36. The summed E-state index contributed by atoms with van der Waals surface area (Å²) >= 11 is 1.77. The third kappa shape index (κ3) is 5.12. The van der Waals surface area contributed by atoms with Crippen LogP contribution in [0.2, 0.25) is 0 Å². The molecule has 4 nitrogen and oxygen atoms in total. The van der Waals surface area contributed by atoms with E-state index in [9.17, 15) is 0 Å². The molecule has 0 aliphatic carbocycles. The van der Waals surface area contributed by atoms with Crippen molar-refractivity contribution in [2.75, 3.05) is 20.3 Å². The van der Waals surface area contributed by atoms with Crippen molar-refractivity contribution in [1.82, 2.24) is 10.3 Å². The van der Waals surface area contributed by atoms with Crippen molar-refractivity contribution < 1.29 is 4.74 Å². The quantitative estimate of drug-likeness (QED) is 0.744. The minimum absolute atomic E-state index is 0.142. The summed E-state index contributed by atoms with van der Waals surface area (Å²) in [6.45, 7) is 5.79. The number of nitrogens with two attached hydrogens (primary N) is 1. The fraction of sp³-hybridized carbons (Fsp3) is 0.750. The largest absolute Gasteiger partial charge is 0.385 e. The molecule has 0 amide bonds. The first-order valence-electron chi connectivity index (χ1n) is 6.09. The van der Waals surface area contributed by atoms with Crippen molar-refractivity contribution in [3.8, 4) is 0 Å². The molecule has 3 N–H and O–H groups in total. The van der Waals surface area contributed by atoms with E-state index in [1.54, 1.807) is 18.4 Å². The van der Waals surface area contributed by atoms with E-state index >= 15 is 0 Å². The molecule has 2 unspecified atom stereocenters. The van der Waals surface area contributed by atoms with Crippen LogP contribution in [0.3, 0.4) is 0 Å². The summed E-state index contributed by atoms with van der Waals surface area (Å²) in [5.41, 5.74) is 5.96. The van der Waals surface area contributed by atoms with Crippen molar-refractivity contribution in [2.24, 2.45) is 5.73 Å². The molecule has 0 radical (unpaired) electrons. The van der Waals surface area contributed by atoms with Gasteiger partial charge in [0.05, 0.1) is 6.04 Å². The molecule has 0 spiro atoms. The Morgan fingerprint density at radius 1 is 1.59 bits per heavy atom. The maximum atomic E-state index is 5.96. The first-order valence-corrected chi connectivity index (χ1v) is 6.91. The van der Waals surface area contributed by atoms with E-state index in [0.29, 0.717) is 6.61 Å². The van der Waals surface area contributed by atoms with Crippen molar-refractivity contribution in [2.45, 2.75) is 38.8 Å². The van der Waals surface area contributed by atoms with Crippen molar-refractivity contribution in [1.29, 1.82) is 0 Å². The fourth-order valence-electron chi connectivity index (χ4n) is 1.47. The highest BCUT2D eigenvalue weighted by molar-refractivity contribution is 7.11. The van der Waals surface area contributed by atoms with Gasteiger partial charge in [0.15, 0.2) is 0 Å². The molecule has 98 valence electrons. The number of aromatic nitrogens is 1. The van der Waals surface area contributed by atoms with E-state index in [1.807, 2.05) is 6.20 Å². The summed E-state index contributed by atoms with van der Waals surface area (Å²) in [6, 6.07) is 0.414. The second kappa shape index (κ2) is 7.76. The van der Waals surface area contributed by atoms with E-state index in [1.165, 1.54) is 4.88 Å². The van der Waals surface area contributed by atoms with Crippen LogP contribution in [0, 0.1) is 0 Å². The zero-order chi connectivity index (χ0) is 12.7. The molecule has 0 bridgehead atoms. The lowest BCUT2D eigenvalue weighted by molar-refractivity contribution is 0.187. The minimum atomic E-state index is 0.142. The summed E-state index contributed by atoms with van der Waals surface area (Å²) in [5.74, 6) is 0. The number of hydrogen-bond acceptors (Lipinski definition) is 5. The number of ether oxygens (including phenoxy) is 1. The zero-order valence-electron chi connectivity index (χ0n) is 10.9. The second-order valence-corrected chi connectivity index (χ2v) is 5.34. The lowest BCUT2D eigenvalue weighted by Gasteiger charge is -2.15. The smallest absolute Gasteiger partial charge is 0.109 e. The Hall–Kier alpha value is -0.490. The number of methoxy groups -OCH3 is 1. The molecular weight excluding hydrogens is 234 g/mol. The Morgan fingerprint density at radius 3 is 2.94 bits per heavy atom. The van der Waals surface area contributed by atoms with E-state index in [4.69, 9.17) is 10.5 Å². The monoisotopic (exact) mass is 257 g/mol. The van der Waals surface area contributed by atoms with Gasteiger partial charge >= 0.3 is 0 Å². The number of nitrogens with one attached hydrogen (secondary N) is 1. The molecule has 0 aliphatic heterocycles. The molecule has 2 atom stereocenters. The maximum Gasteiger partial charge on any atom is 0.109 e. The van der Waals surface area contributed by atoms with Crippen LogP contribution in [0.25, 0.3) is 0 Å². The summed E-state index contributed by atoms with van der Waals surface area (Å²) in [4.78, 5) is 5.75. The molecule has 1 heterocycles. The molecular formula is C12H23N3OS. The van der Waals surface area contributed by atoms with Gasteiger partial charge in [-0.25, -0.2) is 4.98 Å². The van der Waals surface area contributed by atoms with Crippen LogP contribution >= 0.6 is 11.3 Å². The number of nitrogens with zero attached hydrogens (tertiary/aromatic N) is 1. The van der Waals surface area contributed by atoms with E-state index in [0.717, 1.165) is 24.4 Å². The number of thiazole rings is 1. The third-order valence-electron chi connectivity index (χ3n) is 2.67. The van der Waals surface area contributed by atoms with Gasteiger partial charge in [-0.2, -0.15) is 0 Å². The summed E-state index contributed by atoms with van der Waals surface area (Å²) in [5, 5.41) is 4.55. The molecule has 1 aromatic heterocycles. The Labute approximate surface area is 108 Å². The Balaban J connectivity index is 2.31. The number of hydrogen-bond donors (Lipinski definition) is 2. The van der Waals surface area contributed by atoms with Gasteiger partial charge in [-0.3, -0.25) is 0 Å². The minimum Gasteiger partial charge on any atom is -0.385 e. The summed E-state index contributed by atoms with van der Waals surface area (Å²) in [6.07, 6.45) is 3.90. The van der Waals surface area contributed by atoms with Crippen LogP contribution in [0.15, 0.2) is 6.20 Å². The molecule has 17 heavy (non-hydrogen) atoms. The highest BCUT2D eigenvalue weighted by Gasteiger charge is 2.11. The first-order chi connectivity index (χ1) is 8.17. The Morgan fingerprint density at radius 2 is 2.35 bits per heavy atom. The van der Waals surface area contributed by atoms with Gasteiger partial charge in [0, 0.05) is 37.4 Å². The molecule has 0 aliphatic rings. The number of aryl methyl sites for hydroxylation is 1. The van der Waals surface area contributed by atoms with Crippen LogP contribution in [0.1, 0.15) is 36.2 Å². The van der Waals surface area contributed by atoms with Crippen LogP contribution in [0.5, 0.6) is 0 Å². The average molecular weight is 257 g/mol. The van der Waals surface area contributed by atoms with Crippen LogP contribution < -0.4 is 11.1 Å². The first kappa shape index (κ1) is 14.6. The summed E-state index contributed by atoms with van der Waals surface area (Å²) in [7, 11) is 1.70. The predicted molar refractivity (Wildman–Crippen MR) is 72.4 cm³/mol. The van der Waals surface area contributed by atoms with E-state index in [-0.39, 0.29) is 12.1 Å². The topological polar surface area (TPSA) is 60.2 Å². The molecule has 0 saturated heterocycles. The standard InChI is InChI=1S/C12H23N3OS/c1-4-11-8-15-12(17-11)9(2)14-7-10(13)5-6-16-3/h8-10,14H,4-7,13H2,1-3H3. The summed E-state index contributed by atoms with van der Waals surface area (Å²) < 4.78 is 5.00. The molecule has 1 rings (SSSR count). The lowest BCUT2D eigenvalue weighted by atomic mass is 10.2. The van der Waals surface area contributed by atoms with Gasteiger partial charge in [0.1, 0.15) is 5.01 Å². The van der Waals surface area contributed by atoms with Gasteiger partial charge in [-0.15, -0.1) is 11.3 Å². The van der Waals surface area contributed by atoms with Gasteiger partial charge in [0.25, 0.3) is 0 Å². The average Bonchev–Trinajstić information content (AvgIpc) is 2.82. The van der Waals surface area contributed by atoms with Crippen molar-refractivity contribution in [3.63, 3.8) is 0 Å². The van der Waals surface area contributed by atoms with Crippen molar-refractivity contribution >= 4 is 11.3 Å². The van der Waals surface area contributed by atoms with Gasteiger partial charge in [0.2, 0.25) is 0 Å². The molecule has 0 saturated carbocycles. The normalized spacial score (nSPS) is 14.8. The third-order valence-corrected chi connectivity index (χ3v) is 3.99. The maximum absolute atomic E-state index is 5.96. The number of rotatable bonds is 8. The highest BCUT2D eigenvalue weighted by Crippen LogP contribution is 2.19. The molecule has 1 aromatic rings.